The minimum Gasteiger partial charge on any atom is -0.466 e. The molecule has 0 bridgehead atoms. The zero-order chi connectivity index (χ0) is 20.6. The highest BCUT2D eigenvalue weighted by molar-refractivity contribution is 6.04. The molecule has 7 heteroatoms. The lowest BCUT2D eigenvalue weighted by Crippen LogP contribution is -2.43. The number of nitrogens with one attached hydrogen (secondary N) is 2. The number of para-hydroxylation sites is 1. The fourth-order valence-electron chi connectivity index (χ4n) is 4.17. The van der Waals surface area contributed by atoms with Crippen LogP contribution in [-0.4, -0.2) is 55.0 Å². The van der Waals surface area contributed by atoms with Crippen LogP contribution in [0.25, 0.3) is 0 Å². The summed E-state index contributed by atoms with van der Waals surface area (Å²) in [6.07, 6.45) is 5.96. The highest BCUT2D eigenvalue weighted by Crippen LogP contribution is 2.21. The van der Waals surface area contributed by atoms with Gasteiger partial charge < -0.3 is 15.4 Å². The number of amides is 2. The molecular weight excluding hydrogens is 370 g/mol. The lowest BCUT2D eigenvalue weighted by Gasteiger charge is -2.30. The number of carbonyl (C=O) groups excluding carboxylic acids is 3. The van der Waals surface area contributed by atoms with Crippen molar-refractivity contribution >= 4 is 23.5 Å². The zero-order valence-electron chi connectivity index (χ0n) is 17.1. The molecule has 2 aliphatic rings. The van der Waals surface area contributed by atoms with Gasteiger partial charge in [0.1, 0.15) is 0 Å². The van der Waals surface area contributed by atoms with Gasteiger partial charge in [0.15, 0.2) is 0 Å². The van der Waals surface area contributed by atoms with Crippen molar-refractivity contribution in [3.8, 4) is 0 Å². The molecule has 158 valence electrons. The van der Waals surface area contributed by atoms with Crippen molar-refractivity contribution in [1.29, 1.82) is 0 Å². The molecule has 0 aromatic heterocycles. The van der Waals surface area contributed by atoms with Crippen LogP contribution in [-0.2, 0) is 14.3 Å². The van der Waals surface area contributed by atoms with E-state index in [1.165, 1.54) is 0 Å². The normalized spacial score (nSPS) is 20.2. The molecule has 2 N–H and O–H groups in total. The van der Waals surface area contributed by atoms with Gasteiger partial charge in [-0.1, -0.05) is 25.0 Å². The Morgan fingerprint density at radius 2 is 1.86 bits per heavy atom. The predicted octanol–water partition coefficient (Wildman–Crippen LogP) is 2.57. The topological polar surface area (TPSA) is 87.7 Å². The van der Waals surface area contributed by atoms with Crippen molar-refractivity contribution in [2.24, 2.45) is 5.92 Å². The maximum absolute atomic E-state index is 12.6. The number of likely N-dealkylation sites (tertiary alicyclic amines) is 1. The fraction of sp³-hybridized carbons (Fsp3) is 0.591. The van der Waals surface area contributed by atoms with Crippen LogP contribution in [0.4, 0.5) is 5.69 Å². The van der Waals surface area contributed by atoms with Crippen molar-refractivity contribution in [1.82, 2.24) is 10.2 Å². The van der Waals surface area contributed by atoms with Gasteiger partial charge in [0.05, 0.1) is 30.3 Å². The van der Waals surface area contributed by atoms with Crippen LogP contribution in [0, 0.1) is 5.92 Å². The van der Waals surface area contributed by atoms with Gasteiger partial charge in [0, 0.05) is 12.6 Å². The van der Waals surface area contributed by atoms with Gasteiger partial charge in [-0.25, -0.2) is 0 Å². The Bertz CT molecular complexity index is 731. The van der Waals surface area contributed by atoms with E-state index in [4.69, 9.17) is 4.74 Å². The van der Waals surface area contributed by atoms with Crippen molar-refractivity contribution < 1.29 is 19.1 Å². The summed E-state index contributed by atoms with van der Waals surface area (Å²) in [7, 11) is 0. The summed E-state index contributed by atoms with van der Waals surface area (Å²) in [6.45, 7) is 3.65. The number of ether oxygens (including phenoxy) is 1. The number of hydrogen-bond donors (Lipinski definition) is 2. The van der Waals surface area contributed by atoms with Crippen LogP contribution in [0.5, 0.6) is 0 Å². The molecule has 1 unspecified atom stereocenters. The Labute approximate surface area is 172 Å². The minimum atomic E-state index is -0.188. The van der Waals surface area contributed by atoms with Crippen LogP contribution in [0.1, 0.15) is 55.8 Å². The molecule has 1 heterocycles. The first-order chi connectivity index (χ1) is 14.1. The van der Waals surface area contributed by atoms with Gasteiger partial charge in [-0.3, -0.25) is 19.3 Å². The third-order valence-electron chi connectivity index (χ3n) is 5.63. The average molecular weight is 402 g/mol. The lowest BCUT2D eigenvalue weighted by molar-refractivity contribution is -0.150. The Balaban J connectivity index is 1.56. The summed E-state index contributed by atoms with van der Waals surface area (Å²) in [5.41, 5.74) is 1.00. The molecule has 1 atom stereocenters. The van der Waals surface area contributed by atoms with Crippen LogP contribution in [0.15, 0.2) is 24.3 Å². The van der Waals surface area contributed by atoms with E-state index in [2.05, 4.69) is 10.6 Å². The highest BCUT2D eigenvalue weighted by Gasteiger charge is 2.28. The quantitative estimate of drug-likeness (QED) is 0.686. The third-order valence-corrected chi connectivity index (χ3v) is 5.63. The molecule has 2 fully saturated rings. The van der Waals surface area contributed by atoms with Gasteiger partial charge in [-0.2, -0.15) is 0 Å². The summed E-state index contributed by atoms with van der Waals surface area (Å²) in [5.74, 6) is -0.698. The van der Waals surface area contributed by atoms with E-state index >= 15 is 0 Å². The number of nitrogens with zero attached hydrogens (tertiary/aromatic N) is 1. The maximum atomic E-state index is 12.6. The number of esters is 1. The van der Waals surface area contributed by atoms with E-state index in [-0.39, 0.29) is 36.3 Å². The second kappa shape index (κ2) is 10.4. The fourth-order valence-corrected chi connectivity index (χ4v) is 4.17. The molecule has 1 aliphatic heterocycles. The largest absolute Gasteiger partial charge is 0.466 e. The van der Waals surface area contributed by atoms with Gasteiger partial charge in [0.25, 0.3) is 5.91 Å². The van der Waals surface area contributed by atoms with Crippen molar-refractivity contribution in [2.45, 2.75) is 51.5 Å². The summed E-state index contributed by atoms with van der Waals surface area (Å²) in [4.78, 5) is 39.2. The number of benzene rings is 1. The first-order valence-electron chi connectivity index (χ1n) is 10.7. The second-order valence-electron chi connectivity index (χ2n) is 7.87. The van der Waals surface area contributed by atoms with E-state index in [9.17, 15) is 14.4 Å². The van der Waals surface area contributed by atoms with Gasteiger partial charge in [0.2, 0.25) is 5.91 Å². The highest BCUT2D eigenvalue weighted by atomic mass is 16.5. The first-order valence-corrected chi connectivity index (χ1v) is 10.7. The SMILES string of the molecule is CCOC(=O)C1CCCN(CC(=O)Nc2ccccc2C(=O)NC2CCCC2)C1. The van der Waals surface area contributed by atoms with Crippen LogP contribution in [0.3, 0.4) is 0 Å². The molecule has 7 nitrogen and oxygen atoms in total. The zero-order valence-corrected chi connectivity index (χ0v) is 17.1. The molecule has 1 aromatic rings. The van der Waals surface area contributed by atoms with E-state index in [0.29, 0.717) is 24.4 Å². The van der Waals surface area contributed by atoms with E-state index in [0.717, 1.165) is 45.1 Å². The van der Waals surface area contributed by atoms with Gasteiger partial charge in [-0.15, -0.1) is 0 Å². The Morgan fingerprint density at radius 1 is 1.10 bits per heavy atom. The summed E-state index contributed by atoms with van der Waals surface area (Å²) in [6, 6.07) is 7.31. The molecule has 0 radical (unpaired) electrons. The van der Waals surface area contributed by atoms with Crippen LogP contribution in [0.2, 0.25) is 0 Å². The Hall–Kier alpha value is -2.41. The molecule has 1 aliphatic carbocycles. The van der Waals surface area contributed by atoms with Crippen LogP contribution >= 0.6 is 0 Å². The Morgan fingerprint density at radius 3 is 2.62 bits per heavy atom. The number of anilines is 1. The van der Waals surface area contributed by atoms with Crippen LogP contribution < -0.4 is 10.6 Å². The first kappa shape index (κ1) is 21.3. The van der Waals surface area contributed by atoms with E-state index < -0.39 is 0 Å². The van der Waals surface area contributed by atoms with Gasteiger partial charge in [-0.05, 0) is 51.3 Å². The molecule has 29 heavy (non-hydrogen) atoms. The number of hydrogen-bond acceptors (Lipinski definition) is 5. The second-order valence-corrected chi connectivity index (χ2v) is 7.87. The molecule has 1 saturated heterocycles. The van der Waals surface area contributed by atoms with Gasteiger partial charge >= 0.3 is 5.97 Å². The maximum Gasteiger partial charge on any atom is 0.310 e. The smallest absolute Gasteiger partial charge is 0.310 e. The van der Waals surface area contributed by atoms with Crippen molar-refractivity contribution in [2.75, 3.05) is 31.6 Å². The summed E-state index contributed by atoms with van der Waals surface area (Å²) < 4.78 is 5.12. The molecule has 2 amide bonds. The van der Waals surface area contributed by atoms with E-state index in [1.807, 2.05) is 4.90 Å². The number of carbonyl (C=O) groups is 3. The third kappa shape index (κ3) is 6.03. The summed E-state index contributed by atoms with van der Waals surface area (Å²) in [5, 5.41) is 5.94. The van der Waals surface area contributed by atoms with Crippen molar-refractivity contribution in [3.05, 3.63) is 29.8 Å². The monoisotopic (exact) mass is 401 g/mol. The number of rotatable bonds is 7. The predicted molar refractivity (Wildman–Crippen MR) is 111 cm³/mol. The Kier molecular flexibility index (Phi) is 7.63. The summed E-state index contributed by atoms with van der Waals surface area (Å²) >= 11 is 0. The molecular formula is C22H31N3O4. The van der Waals surface area contributed by atoms with Crippen molar-refractivity contribution in [3.63, 3.8) is 0 Å². The molecule has 1 aromatic carbocycles. The number of piperidine rings is 1. The lowest BCUT2D eigenvalue weighted by atomic mass is 9.98. The standard InChI is InChI=1S/C22H31N3O4/c1-2-29-22(28)16-8-7-13-25(14-16)15-20(26)24-19-12-6-5-11-18(19)21(27)23-17-9-3-4-10-17/h5-6,11-12,16-17H,2-4,7-10,13-15H2,1H3,(H,23,27)(H,24,26). The average Bonchev–Trinajstić information content (AvgIpc) is 3.21. The molecule has 1 saturated carbocycles. The molecule has 3 rings (SSSR count). The molecule has 0 spiro atoms. The minimum absolute atomic E-state index is 0.145. The van der Waals surface area contributed by atoms with E-state index in [1.54, 1.807) is 31.2 Å².